The van der Waals surface area contributed by atoms with Crippen LogP contribution in [0.3, 0.4) is 0 Å². The lowest BCUT2D eigenvalue weighted by Crippen LogP contribution is -2.57. The number of ether oxygens (including phenoxy) is 3. The van der Waals surface area contributed by atoms with Crippen molar-refractivity contribution in [3.8, 4) is 0 Å². The van der Waals surface area contributed by atoms with Gasteiger partial charge in [0.15, 0.2) is 0 Å². The molecule has 4 amide bonds. The van der Waals surface area contributed by atoms with E-state index >= 15 is 0 Å². The summed E-state index contributed by atoms with van der Waals surface area (Å²) in [6.45, 7) is 7.45. The number of alkyl carbamates (subject to hydrolysis) is 1. The summed E-state index contributed by atoms with van der Waals surface area (Å²) in [5, 5.41) is 10.4. The molecule has 0 aromatic carbocycles. The van der Waals surface area contributed by atoms with Crippen LogP contribution in [0.15, 0.2) is 0 Å². The maximum Gasteiger partial charge on any atom is 0.407 e. The second-order valence-electron chi connectivity index (χ2n) is 10.3. The Labute approximate surface area is 224 Å². The third-order valence-corrected chi connectivity index (χ3v) is 5.70. The summed E-state index contributed by atoms with van der Waals surface area (Å²) in [6.07, 6.45) is 3.49. The highest BCUT2D eigenvalue weighted by Gasteiger charge is 2.29. The molecule has 1 fully saturated rings. The van der Waals surface area contributed by atoms with Gasteiger partial charge in [-0.05, 0) is 59.8 Å². The normalized spacial score (nSPS) is 22.6. The average Bonchev–Trinajstić information content (AvgIpc) is 2.83. The molecular formula is C25H45N5O8. The van der Waals surface area contributed by atoms with Crippen LogP contribution in [0.4, 0.5) is 4.79 Å². The van der Waals surface area contributed by atoms with Crippen molar-refractivity contribution >= 4 is 29.8 Å². The van der Waals surface area contributed by atoms with Gasteiger partial charge in [0.2, 0.25) is 17.7 Å². The number of methoxy groups -OCH3 is 1. The second kappa shape index (κ2) is 16.8. The Hall–Kier alpha value is -2.93. The van der Waals surface area contributed by atoms with E-state index in [4.69, 9.17) is 19.9 Å². The van der Waals surface area contributed by atoms with Crippen molar-refractivity contribution in [2.24, 2.45) is 5.73 Å². The number of nitrogens with one attached hydrogen (secondary N) is 4. The molecule has 0 saturated carbocycles. The summed E-state index contributed by atoms with van der Waals surface area (Å²) < 4.78 is 15.5. The topological polar surface area (TPSA) is 187 Å². The van der Waals surface area contributed by atoms with Gasteiger partial charge in [-0.1, -0.05) is 12.8 Å². The lowest BCUT2D eigenvalue weighted by atomic mass is 10.1. The van der Waals surface area contributed by atoms with Crippen LogP contribution >= 0.6 is 0 Å². The molecule has 1 aliphatic heterocycles. The Bertz CT molecular complexity index is 801. The number of carbonyl (C=O) groups is 5. The minimum Gasteiger partial charge on any atom is -0.467 e. The van der Waals surface area contributed by atoms with E-state index in [1.807, 2.05) is 0 Å². The summed E-state index contributed by atoms with van der Waals surface area (Å²) in [4.78, 5) is 61.8. The van der Waals surface area contributed by atoms with Crippen molar-refractivity contribution in [3.05, 3.63) is 0 Å². The summed E-state index contributed by atoms with van der Waals surface area (Å²) >= 11 is 0. The first-order valence-corrected chi connectivity index (χ1v) is 13.1. The molecule has 0 spiro atoms. The van der Waals surface area contributed by atoms with Crippen molar-refractivity contribution in [3.63, 3.8) is 0 Å². The van der Waals surface area contributed by atoms with Gasteiger partial charge in [-0.3, -0.25) is 14.4 Å². The molecule has 218 valence electrons. The van der Waals surface area contributed by atoms with E-state index in [9.17, 15) is 24.0 Å². The summed E-state index contributed by atoms with van der Waals surface area (Å²) in [5.74, 6) is -2.24. The molecule has 0 unspecified atom stereocenters. The third kappa shape index (κ3) is 13.6. The predicted octanol–water partition coefficient (Wildman–Crippen LogP) is 0.247. The van der Waals surface area contributed by atoms with Gasteiger partial charge in [0.05, 0.1) is 19.8 Å². The van der Waals surface area contributed by atoms with Crippen molar-refractivity contribution in [1.29, 1.82) is 0 Å². The molecule has 13 nitrogen and oxygen atoms in total. The molecule has 0 aromatic rings. The molecule has 1 aliphatic rings. The van der Waals surface area contributed by atoms with Crippen molar-refractivity contribution in [2.75, 3.05) is 26.9 Å². The summed E-state index contributed by atoms with van der Waals surface area (Å²) in [6, 6.07) is -3.72. The van der Waals surface area contributed by atoms with E-state index in [2.05, 4.69) is 21.3 Å². The highest BCUT2D eigenvalue weighted by atomic mass is 16.6. The van der Waals surface area contributed by atoms with Crippen LogP contribution in [-0.2, 0) is 33.4 Å². The highest BCUT2D eigenvalue weighted by Crippen LogP contribution is 2.08. The molecule has 13 heteroatoms. The average molecular weight is 544 g/mol. The smallest absolute Gasteiger partial charge is 0.407 e. The van der Waals surface area contributed by atoms with Gasteiger partial charge in [0.25, 0.3) is 0 Å². The molecule has 0 aromatic heterocycles. The first-order chi connectivity index (χ1) is 17.8. The van der Waals surface area contributed by atoms with Crippen molar-refractivity contribution in [1.82, 2.24) is 21.3 Å². The Balaban J connectivity index is 2.62. The monoisotopic (exact) mass is 543 g/mol. The van der Waals surface area contributed by atoms with Crippen LogP contribution in [-0.4, -0.2) is 86.4 Å². The Kier molecular flexibility index (Phi) is 14.6. The molecule has 1 rings (SSSR count). The molecule has 1 saturated heterocycles. The van der Waals surface area contributed by atoms with Crippen LogP contribution in [0.5, 0.6) is 0 Å². The molecule has 0 bridgehead atoms. The molecule has 0 radical (unpaired) electrons. The van der Waals surface area contributed by atoms with E-state index in [0.29, 0.717) is 51.7 Å². The SMILES string of the molecule is COC(=O)[C@@H]1CCCCCOC[C@H](NC(=O)[C@@H](N)CCCCNC(=O)OC(C)(C)C)C(=O)N[C@@H](C)C(=O)N1. The standard InChI is InChI=1S/C25H45N5O8/c1-16-20(31)29-18(23(34)36-5)12-7-6-10-14-37-15-19(22(33)28-16)30-21(32)17(26)11-8-9-13-27-24(35)38-25(2,3)4/h16-19H,6-15,26H2,1-5H3,(H,27,35)(H,28,33)(H,29,31)(H,30,32)/t16-,17-,18-,19-/m0/s1. The van der Waals surface area contributed by atoms with E-state index in [1.165, 1.54) is 14.0 Å². The maximum absolute atomic E-state index is 12.9. The quantitative estimate of drug-likeness (QED) is 0.211. The van der Waals surface area contributed by atoms with E-state index in [0.717, 1.165) is 6.42 Å². The number of rotatable bonds is 8. The largest absolute Gasteiger partial charge is 0.467 e. The van der Waals surface area contributed by atoms with Gasteiger partial charge in [0, 0.05) is 13.2 Å². The van der Waals surface area contributed by atoms with Gasteiger partial charge in [-0.25, -0.2) is 9.59 Å². The number of amides is 4. The first kappa shape index (κ1) is 33.1. The second-order valence-corrected chi connectivity index (χ2v) is 10.3. The predicted molar refractivity (Wildman–Crippen MR) is 139 cm³/mol. The number of nitrogens with two attached hydrogens (primary N) is 1. The van der Waals surface area contributed by atoms with Gasteiger partial charge in [0.1, 0.15) is 23.7 Å². The Morgan fingerprint density at radius 1 is 1.11 bits per heavy atom. The van der Waals surface area contributed by atoms with E-state index < -0.39 is 59.6 Å². The molecule has 38 heavy (non-hydrogen) atoms. The Morgan fingerprint density at radius 2 is 1.82 bits per heavy atom. The number of carbonyl (C=O) groups excluding carboxylic acids is 5. The lowest BCUT2D eigenvalue weighted by molar-refractivity contribution is -0.145. The molecule has 0 aliphatic carbocycles. The van der Waals surface area contributed by atoms with Crippen LogP contribution in [0.25, 0.3) is 0 Å². The zero-order valence-electron chi connectivity index (χ0n) is 23.2. The zero-order valence-corrected chi connectivity index (χ0v) is 23.2. The van der Waals surface area contributed by atoms with Crippen molar-refractivity contribution in [2.45, 2.75) is 102 Å². The molecule has 6 N–H and O–H groups in total. The van der Waals surface area contributed by atoms with E-state index in [-0.39, 0.29) is 6.61 Å². The van der Waals surface area contributed by atoms with Crippen LogP contribution in [0, 0.1) is 0 Å². The fourth-order valence-electron chi connectivity index (χ4n) is 3.58. The number of esters is 1. The minimum absolute atomic E-state index is 0.0801. The third-order valence-electron chi connectivity index (χ3n) is 5.70. The fourth-order valence-corrected chi connectivity index (χ4v) is 3.58. The van der Waals surface area contributed by atoms with Crippen LogP contribution < -0.4 is 27.0 Å². The first-order valence-electron chi connectivity index (χ1n) is 13.1. The molecule has 1 heterocycles. The van der Waals surface area contributed by atoms with Gasteiger partial charge in [-0.2, -0.15) is 0 Å². The van der Waals surface area contributed by atoms with Crippen LogP contribution in [0.2, 0.25) is 0 Å². The molecule has 4 atom stereocenters. The highest BCUT2D eigenvalue weighted by molar-refractivity contribution is 5.94. The van der Waals surface area contributed by atoms with Gasteiger partial charge in [-0.15, -0.1) is 0 Å². The zero-order chi connectivity index (χ0) is 28.7. The number of hydrogen-bond donors (Lipinski definition) is 5. The van der Waals surface area contributed by atoms with Crippen molar-refractivity contribution < 1.29 is 38.2 Å². The lowest BCUT2D eigenvalue weighted by Gasteiger charge is -2.24. The summed E-state index contributed by atoms with van der Waals surface area (Å²) in [5.41, 5.74) is 5.43. The maximum atomic E-state index is 12.9. The number of unbranched alkanes of at least 4 members (excludes halogenated alkanes) is 1. The summed E-state index contributed by atoms with van der Waals surface area (Å²) in [7, 11) is 1.25. The van der Waals surface area contributed by atoms with E-state index in [1.54, 1.807) is 20.8 Å². The molecular weight excluding hydrogens is 498 g/mol. The van der Waals surface area contributed by atoms with Gasteiger partial charge >= 0.3 is 12.1 Å². The van der Waals surface area contributed by atoms with Gasteiger partial charge < -0.3 is 41.2 Å². The fraction of sp³-hybridized carbons (Fsp3) is 0.800. The Morgan fingerprint density at radius 3 is 2.47 bits per heavy atom. The number of hydrogen-bond acceptors (Lipinski definition) is 9. The minimum atomic E-state index is -1.06. The van der Waals surface area contributed by atoms with Crippen LogP contribution in [0.1, 0.15) is 72.6 Å².